The summed E-state index contributed by atoms with van der Waals surface area (Å²) in [5, 5.41) is 18.0. The number of carbonyl (C=O) groups excluding carboxylic acids is 1. The van der Waals surface area contributed by atoms with Crippen molar-refractivity contribution in [2.24, 2.45) is 5.73 Å². The van der Waals surface area contributed by atoms with Crippen LogP contribution in [0.2, 0.25) is 0 Å². The third-order valence-electron chi connectivity index (χ3n) is 3.20. The third kappa shape index (κ3) is 4.21. The Hall–Kier alpha value is -3.59. The van der Waals surface area contributed by atoms with Crippen molar-refractivity contribution in [1.82, 2.24) is 0 Å². The van der Waals surface area contributed by atoms with Crippen LogP contribution in [0.1, 0.15) is 21.5 Å². The van der Waals surface area contributed by atoms with E-state index < -0.39 is 11.9 Å². The highest BCUT2D eigenvalue weighted by Crippen LogP contribution is 2.18. The smallest absolute Gasteiger partial charge is 0.336 e. The normalized spacial score (nSPS) is 10.7. The van der Waals surface area contributed by atoms with Crippen molar-refractivity contribution in [1.29, 1.82) is 5.26 Å². The van der Waals surface area contributed by atoms with Crippen LogP contribution >= 0.6 is 0 Å². The Morgan fingerprint density at radius 1 is 1.21 bits per heavy atom. The van der Waals surface area contributed by atoms with Crippen molar-refractivity contribution < 1.29 is 19.4 Å². The second-order valence-electron chi connectivity index (χ2n) is 4.86. The molecule has 6 nitrogen and oxygen atoms in total. The zero-order valence-electron chi connectivity index (χ0n) is 12.6. The highest BCUT2D eigenvalue weighted by Gasteiger charge is 2.09. The van der Waals surface area contributed by atoms with Crippen LogP contribution in [0.5, 0.6) is 5.75 Å². The molecular formula is C18H14N2O4. The molecule has 0 aliphatic heterocycles. The largest absolute Gasteiger partial charge is 0.489 e. The summed E-state index contributed by atoms with van der Waals surface area (Å²) >= 11 is 0. The molecule has 24 heavy (non-hydrogen) atoms. The summed E-state index contributed by atoms with van der Waals surface area (Å²) in [6.45, 7) is 0.0799. The highest BCUT2D eigenvalue weighted by molar-refractivity contribution is 6.00. The Kier molecular flexibility index (Phi) is 5.32. The molecule has 0 saturated carbocycles. The molecule has 2 rings (SSSR count). The molecule has 0 bridgehead atoms. The van der Waals surface area contributed by atoms with Gasteiger partial charge in [-0.1, -0.05) is 30.3 Å². The van der Waals surface area contributed by atoms with E-state index in [0.29, 0.717) is 16.9 Å². The Balaban J connectivity index is 2.18. The lowest BCUT2D eigenvalue weighted by molar-refractivity contribution is -0.114. The maximum absolute atomic E-state index is 11.2. The number of nitrogens with zero attached hydrogens (tertiary/aromatic N) is 1. The minimum atomic E-state index is -1.02. The second kappa shape index (κ2) is 7.61. The number of carboxylic acids is 1. The van der Waals surface area contributed by atoms with Crippen LogP contribution in [0.15, 0.2) is 54.1 Å². The van der Waals surface area contributed by atoms with Gasteiger partial charge >= 0.3 is 5.97 Å². The molecule has 0 aromatic heterocycles. The number of rotatable bonds is 6. The van der Waals surface area contributed by atoms with Crippen molar-refractivity contribution in [3.8, 4) is 11.8 Å². The Morgan fingerprint density at radius 2 is 1.96 bits per heavy atom. The zero-order valence-corrected chi connectivity index (χ0v) is 12.6. The molecule has 0 atom stereocenters. The number of primary amides is 1. The van der Waals surface area contributed by atoms with Gasteiger partial charge in [-0.05, 0) is 29.8 Å². The molecule has 2 aromatic rings. The number of carboxylic acid groups (broad SMARTS) is 1. The van der Waals surface area contributed by atoms with E-state index in [1.807, 2.05) is 0 Å². The maximum Gasteiger partial charge on any atom is 0.336 e. The predicted molar refractivity (Wildman–Crippen MR) is 87.0 cm³/mol. The molecule has 3 N–H and O–H groups in total. The van der Waals surface area contributed by atoms with Crippen LogP contribution in [-0.4, -0.2) is 17.0 Å². The van der Waals surface area contributed by atoms with E-state index in [4.69, 9.17) is 20.8 Å². The van der Waals surface area contributed by atoms with Crippen molar-refractivity contribution in [3.63, 3.8) is 0 Å². The van der Waals surface area contributed by atoms with Gasteiger partial charge in [0.1, 0.15) is 24.0 Å². The topological polar surface area (TPSA) is 113 Å². The average molecular weight is 322 g/mol. The summed E-state index contributed by atoms with van der Waals surface area (Å²) in [6, 6.07) is 15.0. The van der Waals surface area contributed by atoms with Crippen LogP contribution in [-0.2, 0) is 11.4 Å². The van der Waals surface area contributed by atoms with Gasteiger partial charge in [-0.3, -0.25) is 4.79 Å². The summed E-state index contributed by atoms with van der Waals surface area (Å²) in [5.41, 5.74) is 6.23. The first-order valence-corrected chi connectivity index (χ1v) is 6.97. The average Bonchev–Trinajstić information content (AvgIpc) is 2.58. The number of amides is 1. The first-order valence-electron chi connectivity index (χ1n) is 6.97. The first kappa shape index (κ1) is 16.8. The zero-order chi connectivity index (χ0) is 17.5. The van der Waals surface area contributed by atoms with Crippen LogP contribution in [0.3, 0.4) is 0 Å². The molecule has 1 amide bonds. The number of hydrogen-bond donors (Lipinski definition) is 2. The molecule has 0 radical (unpaired) electrons. The van der Waals surface area contributed by atoms with Crippen LogP contribution in [0.4, 0.5) is 0 Å². The number of nitrogens with two attached hydrogens (primary N) is 1. The van der Waals surface area contributed by atoms with E-state index in [1.165, 1.54) is 12.1 Å². The van der Waals surface area contributed by atoms with Crippen LogP contribution in [0, 0.1) is 11.3 Å². The molecule has 0 saturated heterocycles. The number of ether oxygens (including phenoxy) is 1. The van der Waals surface area contributed by atoms with E-state index in [1.54, 1.807) is 48.5 Å². The lowest BCUT2D eigenvalue weighted by Gasteiger charge is -2.09. The summed E-state index contributed by atoms with van der Waals surface area (Å²) in [4.78, 5) is 22.2. The predicted octanol–water partition coefficient (Wildman–Crippen LogP) is 2.36. The van der Waals surface area contributed by atoms with E-state index >= 15 is 0 Å². The summed E-state index contributed by atoms with van der Waals surface area (Å²) in [6.07, 6.45) is 1.36. The molecule has 2 aromatic carbocycles. The van der Waals surface area contributed by atoms with Gasteiger partial charge in [-0.15, -0.1) is 0 Å². The van der Waals surface area contributed by atoms with Crippen molar-refractivity contribution in [2.75, 3.05) is 0 Å². The number of benzene rings is 2. The van der Waals surface area contributed by atoms with Gasteiger partial charge in [0.25, 0.3) is 5.91 Å². The molecule has 6 heteroatoms. The summed E-state index contributed by atoms with van der Waals surface area (Å²) in [7, 11) is 0. The molecule has 0 fully saturated rings. The third-order valence-corrected chi connectivity index (χ3v) is 3.20. The molecule has 0 unspecified atom stereocenters. The first-order chi connectivity index (χ1) is 11.5. The minimum absolute atomic E-state index is 0.0799. The number of aromatic carboxylic acids is 1. The summed E-state index contributed by atoms with van der Waals surface area (Å²) in [5.74, 6) is -1.35. The molecule has 120 valence electrons. The number of hydrogen-bond acceptors (Lipinski definition) is 4. The van der Waals surface area contributed by atoms with Gasteiger partial charge in [0, 0.05) is 5.56 Å². The summed E-state index contributed by atoms with van der Waals surface area (Å²) < 4.78 is 5.61. The Labute approximate surface area is 138 Å². The van der Waals surface area contributed by atoms with Gasteiger partial charge in [0.05, 0.1) is 5.56 Å². The van der Waals surface area contributed by atoms with E-state index in [2.05, 4.69) is 0 Å². The van der Waals surface area contributed by atoms with Crippen molar-refractivity contribution in [2.45, 2.75) is 6.61 Å². The van der Waals surface area contributed by atoms with E-state index in [0.717, 1.165) is 0 Å². The lowest BCUT2D eigenvalue weighted by atomic mass is 10.1. The molecule has 0 heterocycles. The fourth-order valence-corrected chi connectivity index (χ4v) is 2.04. The Morgan fingerprint density at radius 3 is 2.62 bits per heavy atom. The van der Waals surface area contributed by atoms with Gasteiger partial charge in [0.15, 0.2) is 0 Å². The standard InChI is InChI=1S/C18H14N2O4/c19-10-14(17(20)21)8-12-4-3-6-15(9-12)24-11-13-5-1-2-7-16(13)18(22)23/h1-9H,11H2,(H2,20,21)(H,22,23)/b14-8+. The maximum atomic E-state index is 11.2. The highest BCUT2D eigenvalue weighted by atomic mass is 16.5. The lowest BCUT2D eigenvalue weighted by Crippen LogP contribution is -2.12. The minimum Gasteiger partial charge on any atom is -0.489 e. The quantitative estimate of drug-likeness (QED) is 0.626. The van der Waals surface area contributed by atoms with Gasteiger partial charge in [0.2, 0.25) is 0 Å². The number of carbonyl (C=O) groups is 2. The van der Waals surface area contributed by atoms with Crippen LogP contribution in [0.25, 0.3) is 6.08 Å². The molecule has 0 aliphatic rings. The van der Waals surface area contributed by atoms with Gasteiger partial charge < -0.3 is 15.6 Å². The number of nitriles is 1. The Bertz CT molecular complexity index is 850. The monoisotopic (exact) mass is 322 g/mol. The fourth-order valence-electron chi connectivity index (χ4n) is 2.04. The molecular weight excluding hydrogens is 308 g/mol. The van der Waals surface area contributed by atoms with Gasteiger partial charge in [-0.2, -0.15) is 5.26 Å². The van der Waals surface area contributed by atoms with E-state index in [9.17, 15) is 9.59 Å². The SMILES string of the molecule is N#C/C(=C\c1cccc(OCc2ccccc2C(=O)O)c1)C(N)=O. The van der Waals surface area contributed by atoms with Crippen molar-refractivity contribution >= 4 is 18.0 Å². The van der Waals surface area contributed by atoms with Crippen LogP contribution < -0.4 is 10.5 Å². The fraction of sp³-hybridized carbons (Fsp3) is 0.0556. The molecule has 0 aliphatic carbocycles. The second-order valence-corrected chi connectivity index (χ2v) is 4.86. The molecule has 0 spiro atoms. The van der Waals surface area contributed by atoms with Crippen molar-refractivity contribution in [3.05, 3.63) is 70.8 Å². The van der Waals surface area contributed by atoms with Gasteiger partial charge in [-0.25, -0.2) is 4.79 Å². The van der Waals surface area contributed by atoms with E-state index in [-0.39, 0.29) is 17.7 Å².